The maximum absolute atomic E-state index is 12.9. The molecule has 2 aromatic rings. The Labute approximate surface area is 132 Å². The molecule has 1 amide bonds. The SMILES string of the molecule is C[C@H](CC(=O)NCc1ccsc1)S(=O)(=O)c1ccc(F)cc1. The van der Waals surface area contributed by atoms with E-state index in [-0.39, 0.29) is 17.2 Å². The number of hydrogen-bond acceptors (Lipinski definition) is 4. The zero-order valence-corrected chi connectivity index (χ0v) is 13.6. The number of benzene rings is 1. The van der Waals surface area contributed by atoms with Crippen LogP contribution in [0.2, 0.25) is 0 Å². The molecule has 0 aliphatic rings. The number of rotatable bonds is 6. The van der Waals surface area contributed by atoms with Crippen molar-refractivity contribution in [1.29, 1.82) is 0 Å². The van der Waals surface area contributed by atoms with Gasteiger partial charge in [-0.05, 0) is 53.6 Å². The lowest BCUT2D eigenvalue weighted by Crippen LogP contribution is -2.29. The van der Waals surface area contributed by atoms with Gasteiger partial charge in [0.05, 0.1) is 10.1 Å². The number of nitrogens with one attached hydrogen (secondary N) is 1. The Bertz CT molecular complexity index is 725. The highest BCUT2D eigenvalue weighted by atomic mass is 32.2. The quantitative estimate of drug-likeness (QED) is 0.822. The zero-order valence-electron chi connectivity index (χ0n) is 12.0. The molecule has 118 valence electrons. The third kappa shape index (κ3) is 4.14. The van der Waals surface area contributed by atoms with Gasteiger partial charge in [0.15, 0.2) is 9.84 Å². The monoisotopic (exact) mass is 341 g/mol. The van der Waals surface area contributed by atoms with Crippen molar-refractivity contribution in [3.8, 4) is 0 Å². The number of sulfone groups is 1. The lowest BCUT2D eigenvalue weighted by molar-refractivity contribution is -0.121. The molecule has 7 heteroatoms. The van der Waals surface area contributed by atoms with E-state index in [9.17, 15) is 17.6 Å². The van der Waals surface area contributed by atoms with Crippen molar-refractivity contribution in [2.24, 2.45) is 0 Å². The largest absolute Gasteiger partial charge is 0.352 e. The van der Waals surface area contributed by atoms with E-state index in [0.29, 0.717) is 6.54 Å². The van der Waals surface area contributed by atoms with Crippen LogP contribution in [0.3, 0.4) is 0 Å². The fourth-order valence-corrected chi connectivity index (χ4v) is 3.91. The summed E-state index contributed by atoms with van der Waals surface area (Å²) < 4.78 is 37.5. The van der Waals surface area contributed by atoms with E-state index >= 15 is 0 Å². The number of carbonyl (C=O) groups is 1. The van der Waals surface area contributed by atoms with Crippen LogP contribution in [0, 0.1) is 5.82 Å². The minimum Gasteiger partial charge on any atom is -0.352 e. The first kappa shape index (κ1) is 16.6. The van der Waals surface area contributed by atoms with Crippen molar-refractivity contribution >= 4 is 27.1 Å². The molecule has 2 rings (SSSR count). The van der Waals surface area contributed by atoms with Crippen molar-refractivity contribution in [2.45, 2.75) is 30.0 Å². The fraction of sp³-hybridized carbons (Fsp3) is 0.267. The van der Waals surface area contributed by atoms with Crippen LogP contribution in [0.15, 0.2) is 46.0 Å². The highest BCUT2D eigenvalue weighted by molar-refractivity contribution is 7.92. The van der Waals surface area contributed by atoms with E-state index in [1.54, 1.807) is 0 Å². The lowest BCUT2D eigenvalue weighted by atomic mass is 10.3. The van der Waals surface area contributed by atoms with Gasteiger partial charge in [0.2, 0.25) is 5.91 Å². The first-order valence-corrected chi connectivity index (χ1v) is 9.16. The van der Waals surface area contributed by atoms with Gasteiger partial charge in [-0.15, -0.1) is 0 Å². The molecule has 0 bridgehead atoms. The molecule has 0 saturated carbocycles. The molecule has 1 aromatic carbocycles. The van der Waals surface area contributed by atoms with E-state index in [1.807, 2.05) is 16.8 Å². The Balaban J connectivity index is 1.96. The Hall–Kier alpha value is -1.73. The summed E-state index contributed by atoms with van der Waals surface area (Å²) in [4.78, 5) is 11.9. The van der Waals surface area contributed by atoms with Gasteiger partial charge in [-0.2, -0.15) is 11.3 Å². The summed E-state index contributed by atoms with van der Waals surface area (Å²) in [5.74, 6) is -0.829. The maximum atomic E-state index is 12.9. The Kier molecular flexibility index (Phi) is 5.31. The summed E-state index contributed by atoms with van der Waals surface area (Å²) in [6.45, 7) is 1.86. The van der Waals surface area contributed by atoms with Gasteiger partial charge in [0.25, 0.3) is 0 Å². The van der Waals surface area contributed by atoms with E-state index in [2.05, 4.69) is 5.32 Å². The molecule has 0 aliphatic heterocycles. The van der Waals surface area contributed by atoms with E-state index in [0.717, 1.165) is 17.7 Å². The standard InChI is InChI=1S/C15H16FNO3S2/c1-11(8-15(18)17-9-12-6-7-21-10-12)22(19,20)14-4-2-13(16)3-5-14/h2-7,10-11H,8-9H2,1H3,(H,17,18)/t11-/m1/s1. The number of amides is 1. The van der Waals surface area contributed by atoms with Crippen molar-refractivity contribution < 1.29 is 17.6 Å². The normalized spacial score (nSPS) is 12.8. The molecule has 1 N–H and O–H groups in total. The summed E-state index contributed by atoms with van der Waals surface area (Å²) in [5.41, 5.74) is 0.979. The predicted molar refractivity (Wildman–Crippen MR) is 83.8 cm³/mol. The summed E-state index contributed by atoms with van der Waals surface area (Å²) in [5, 5.41) is 5.64. The number of thiophene rings is 1. The molecule has 0 fully saturated rings. The van der Waals surface area contributed by atoms with Gasteiger partial charge >= 0.3 is 0 Å². The van der Waals surface area contributed by atoms with E-state index in [1.165, 1.54) is 30.4 Å². The first-order valence-electron chi connectivity index (χ1n) is 6.67. The lowest BCUT2D eigenvalue weighted by Gasteiger charge is -2.13. The Morgan fingerprint density at radius 2 is 1.95 bits per heavy atom. The average molecular weight is 341 g/mol. The average Bonchev–Trinajstić information content (AvgIpc) is 2.99. The van der Waals surface area contributed by atoms with Crippen molar-refractivity contribution in [2.75, 3.05) is 0 Å². The molecule has 1 aromatic heterocycles. The van der Waals surface area contributed by atoms with E-state index in [4.69, 9.17) is 0 Å². The van der Waals surface area contributed by atoms with Crippen LogP contribution < -0.4 is 5.32 Å². The van der Waals surface area contributed by atoms with Gasteiger partial charge in [0.1, 0.15) is 5.82 Å². The van der Waals surface area contributed by atoms with Crippen LogP contribution in [0.4, 0.5) is 4.39 Å². The van der Waals surface area contributed by atoms with Crippen LogP contribution in [0.1, 0.15) is 18.9 Å². The number of carbonyl (C=O) groups excluding carboxylic acids is 1. The summed E-state index contributed by atoms with van der Waals surface area (Å²) in [7, 11) is -3.65. The van der Waals surface area contributed by atoms with Gasteiger partial charge < -0.3 is 5.32 Å². The highest BCUT2D eigenvalue weighted by Crippen LogP contribution is 2.18. The third-order valence-corrected chi connectivity index (χ3v) is 6.10. The van der Waals surface area contributed by atoms with Gasteiger partial charge in [-0.3, -0.25) is 4.79 Å². The third-order valence-electron chi connectivity index (χ3n) is 3.21. The smallest absolute Gasteiger partial charge is 0.221 e. The molecule has 0 radical (unpaired) electrons. The predicted octanol–water partition coefficient (Wildman–Crippen LogP) is 2.76. The number of halogens is 1. The molecule has 22 heavy (non-hydrogen) atoms. The van der Waals surface area contributed by atoms with Crippen molar-refractivity contribution in [1.82, 2.24) is 5.32 Å². The molecule has 4 nitrogen and oxygen atoms in total. The Morgan fingerprint density at radius 1 is 1.27 bits per heavy atom. The molecule has 0 unspecified atom stereocenters. The topological polar surface area (TPSA) is 63.2 Å². The van der Waals surface area contributed by atoms with Crippen LogP contribution in [-0.2, 0) is 21.2 Å². The molecular weight excluding hydrogens is 325 g/mol. The van der Waals surface area contributed by atoms with Crippen LogP contribution in [-0.4, -0.2) is 19.6 Å². The zero-order chi connectivity index (χ0) is 16.2. The highest BCUT2D eigenvalue weighted by Gasteiger charge is 2.25. The minimum absolute atomic E-state index is 0.0204. The van der Waals surface area contributed by atoms with Crippen LogP contribution >= 0.6 is 11.3 Å². The molecule has 0 spiro atoms. The van der Waals surface area contributed by atoms with Gasteiger partial charge in [0, 0.05) is 13.0 Å². The Morgan fingerprint density at radius 3 is 2.55 bits per heavy atom. The van der Waals surface area contributed by atoms with Crippen molar-refractivity contribution in [3.63, 3.8) is 0 Å². The van der Waals surface area contributed by atoms with Crippen LogP contribution in [0.5, 0.6) is 0 Å². The van der Waals surface area contributed by atoms with Gasteiger partial charge in [-0.1, -0.05) is 0 Å². The summed E-state index contributed by atoms with van der Waals surface area (Å²) >= 11 is 1.53. The van der Waals surface area contributed by atoms with Crippen molar-refractivity contribution in [3.05, 3.63) is 52.5 Å². The summed E-state index contributed by atoms with van der Waals surface area (Å²) in [6, 6.07) is 6.50. The van der Waals surface area contributed by atoms with Crippen LogP contribution in [0.25, 0.3) is 0 Å². The summed E-state index contributed by atoms with van der Waals surface area (Å²) in [6.07, 6.45) is -0.135. The second-order valence-corrected chi connectivity index (χ2v) is 8.07. The minimum atomic E-state index is -3.65. The number of hydrogen-bond donors (Lipinski definition) is 1. The molecule has 0 aliphatic carbocycles. The molecule has 1 heterocycles. The molecular formula is C15H16FNO3S2. The maximum Gasteiger partial charge on any atom is 0.221 e. The molecule has 0 saturated heterocycles. The second-order valence-electron chi connectivity index (χ2n) is 4.92. The van der Waals surface area contributed by atoms with Gasteiger partial charge in [-0.25, -0.2) is 12.8 Å². The van der Waals surface area contributed by atoms with E-state index < -0.39 is 20.9 Å². The second kappa shape index (κ2) is 7.02. The first-order chi connectivity index (χ1) is 10.4. The molecule has 1 atom stereocenters. The fourth-order valence-electron chi connectivity index (χ4n) is 1.89.